The number of aliphatic hydroxyl groups is 7. The highest BCUT2D eigenvalue weighted by Crippen LogP contribution is 2.43. The van der Waals surface area contributed by atoms with Crippen LogP contribution in [0, 0.1) is 0 Å². The minimum absolute atomic E-state index is 0.259. The van der Waals surface area contributed by atoms with Crippen LogP contribution in [0.3, 0.4) is 0 Å². The zero-order chi connectivity index (χ0) is 32.2. The van der Waals surface area contributed by atoms with Gasteiger partial charge in [-0.15, -0.1) is 0 Å². The molecule has 2 aromatic carbocycles. The normalized spacial score (nSPS) is 32.5. The molecule has 1 aromatic heterocycles. The first-order chi connectivity index (χ1) is 20.7. The third-order valence-corrected chi connectivity index (χ3v) is 7.38. The summed E-state index contributed by atoms with van der Waals surface area (Å²) in [6.07, 6.45) is -16.2. The Labute approximate surface area is 246 Å². The van der Waals surface area contributed by atoms with Crippen LogP contribution in [0.15, 0.2) is 33.5 Å². The Kier molecular flexibility index (Phi) is 8.51. The van der Waals surface area contributed by atoms with E-state index in [-0.39, 0.29) is 11.3 Å². The number of hydrogen-bond donors (Lipinski definition) is 11. The minimum atomic E-state index is -1.88. The van der Waals surface area contributed by atoms with Crippen molar-refractivity contribution in [3.8, 4) is 45.8 Å². The third-order valence-electron chi connectivity index (χ3n) is 7.38. The van der Waals surface area contributed by atoms with Crippen molar-refractivity contribution in [3.05, 3.63) is 34.5 Å². The van der Waals surface area contributed by atoms with Crippen LogP contribution < -0.4 is 14.9 Å². The number of aromatic hydroxyl groups is 4. The van der Waals surface area contributed by atoms with E-state index in [9.17, 15) is 61.0 Å². The molecule has 5 rings (SSSR count). The molecule has 11 N–H and O–H groups in total. The summed E-state index contributed by atoms with van der Waals surface area (Å²) in [5.74, 6) is -4.92. The molecular formula is C27H30O17. The van der Waals surface area contributed by atoms with Gasteiger partial charge in [0.25, 0.3) is 0 Å². The van der Waals surface area contributed by atoms with Crippen molar-refractivity contribution in [2.75, 3.05) is 6.61 Å². The summed E-state index contributed by atoms with van der Waals surface area (Å²) in [4.78, 5) is 13.7. The number of fused-ring (bicyclic) bond motifs is 1. The SMILES string of the molecule is C[C@@H]1O[C@@H](Oc2c(-c3cc(O)c(O)c(O)c3)oc3cc(O[C@@H]4O[C@@H](CO)[C@@H](O)[C@H](O)[C@H]4O)cc(O)c3c2=O)[C@@H](O)[C@H](O)[C@H]1O. The number of phenols is 4. The van der Waals surface area contributed by atoms with Crippen LogP contribution in [-0.4, -0.2) is 124 Å². The van der Waals surface area contributed by atoms with E-state index in [0.29, 0.717) is 0 Å². The minimum Gasteiger partial charge on any atom is -0.507 e. The van der Waals surface area contributed by atoms with Crippen molar-refractivity contribution in [2.24, 2.45) is 0 Å². The lowest BCUT2D eigenvalue weighted by molar-refractivity contribution is -0.277. The average Bonchev–Trinajstić information content (AvgIpc) is 2.98. The number of benzene rings is 2. The zero-order valence-electron chi connectivity index (χ0n) is 22.7. The van der Waals surface area contributed by atoms with Crippen molar-refractivity contribution in [1.29, 1.82) is 0 Å². The zero-order valence-corrected chi connectivity index (χ0v) is 22.7. The van der Waals surface area contributed by atoms with Gasteiger partial charge in [0.15, 0.2) is 23.0 Å². The summed E-state index contributed by atoms with van der Waals surface area (Å²) >= 11 is 0. The smallest absolute Gasteiger partial charge is 0.239 e. The molecule has 17 heteroatoms. The van der Waals surface area contributed by atoms with Crippen LogP contribution in [-0.2, 0) is 9.47 Å². The van der Waals surface area contributed by atoms with Gasteiger partial charge in [0.2, 0.25) is 23.8 Å². The van der Waals surface area contributed by atoms with Gasteiger partial charge >= 0.3 is 0 Å². The van der Waals surface area contributed by atoms with Crippen LogP contribution >= 0.6 is 0 Å². The molecule has 0 saturated carbocycles. The Balaban J connectivity index is 1.62. The maximum absolute atomic E-state index is 13.7. The Morgan fingerprint density at radius 1 is 0.727 bits per heavy atom. The largest absolute Gasteiger partial charge is 0.507 e. The van der Waals surface area contributed by atoms with Crippen molar-refractivity contribution in [3.63, 3.8) is 0 Å². The third kappa shape index (κ3) is 5.45. The standard InChI is InChI=1S/C27H30O17/c1-7-16(32)20(36)22(38)26(40-7)44-25-19(35)15-10(29)4-9(41-27-23(39)21(37)18(34)14(6-28)43-27)5-13(15)42-24(25)8-2-11(30)17(33)12(31)3-8/h2-5,7,14,16,18,20-23,26-34,36-39H,6H2,1H3/t7-,14-,16-,18+,20+,21-,22-,23+,26-,27+/m0/s1. The van der Waals surface area contributed by atoms with Crippen LogP contribution in [0.25, 0.3) is 22.3 Å². The summed E-state index contributed by atoms with van der Waals surface area (Å²) in [7, 11) is 0. The molecule has 2 aliphatic rings. The lowest BCUT2D eigenvalue weighted by atomic mass is 9.99. The van der Waals surface area contributed by atoms with E-state index in [0.717, 1.165) is 24.3 Å². The Morgan fingerprint density at radius 3 is 1.93 bits per heavy atom. The van der Waals surface area contributed by atoms with Gasteiger partial charge in [-0.05, 0) is 19.1 Å². The van der Waals surface area contributed by atoms with E-state index in [1.165, 1.54) is 6.92 Å². The van der Waals surface area contributed by atoms with Gasteiger partial charge in [0, 0.05) is 17.7 Å². The van der Waals surface area contributed by atoms with Crippen molar-refractivity contribution < 1.29 is 79.5 Å². The van der Waals surface area contributed by atoms with E-state index < -0.39 is 119 Å². The molecule has 2 saturated heterocycles. The van der Waals surface area contributed by atoms with E-state index in [4.69, 9.17) is 23.4 Å². The van der Waals surface area contributed by atoms with Crippen LogP contribution in [0.1, 0.15) is 6.92 Å². The van der Waals surface area contributed by atoms with Gasteiger partial charge in [0.05, 0.1) is 12.7 Å². The number of rotatable bonds is 6. The summed E-state index contributed by atoms with van der Waals surface area (Å²) in [6, 6.07) is 3.75. The highest BCUT2D eigenvalue weighted by Gasteiger charge is 2.46. The van der Waals surface area contributed by atoms with Gasteiger partial charge in [-0.2, -0.15) is 0 Å². The predicted octanol–water partition coefficient (Wildman–Crippen LogP) is -2.33. The summed E-state index contributed by atoms with van der Waals surface area (Å²) < 4.78 is 27.7. The van der Waals surface area contributed by atoms with Crippen LogP contribution in [0.5, 0.6) is 34.5 Å². The molecule has 2 aliphatic heterocycles. The molecule has 0 spiro atoms. The summed E-state index contributed by atoms with van der Waals surface area (Å²) in [6.45, 7) is 0.619. The van der Waals surface area contributed by atoms with E-state index in [1.54, 1.807) is 0 Å². The van der Waals surface area contributed by atoms with Gasteiger partial charge in [-0.3, -0.25) is 4.79 Å². The molecular weight excluding hydrogens is 596 g/mol. The fourth-order valence-electron chi connectivity index (χ4n) is 4.88. The van der Waals surface area contributed by atoms with Crippen molar-refractivity contribution in [2.45, 2.75) is 68.3 Å². The van der Waals surface area contributed by atoms with Crippen molar-refractivity contribution >= 4 is 11.0 Å². The lowest BCUT2D eigenvalue weighted by Gasteiger charge is -2.39. The molecule has 10 atom stereocenters. The number of hydrogen-bond acceptors (Lipinski definition) is 17. The highest BCUT2D eigenvalue weighted by molar-refractivity contribution is 5.88. The quantitative estimate of drug-likeness (QED) is 0.128. The molecule has 17 nitrogen and oxygen atoms in total. The second kappa shape index (κ2) is 11.9. The number of ether oxygens (including phenoxy) is 4. The van der Waals surface area contributed by atoms with E-state index in [1.807, 2.05) is 0 Å². The fourth-order valence-corrected chi connectivity index (χ4v) is 4.88. The van der Waals surface area contributed by atoms with Crippen molar-refractivity contribution in [1.82, 2.24) is 0 Å². The summed E-state index contributed by atoms with van der Waals surface area (Å²) in [5.41, 5.74) is -1.75. The molecule has 240 valence electrons. The molecule has 0 aliphatic carbocycles. The average molecular weight is 627 g/mol. The molecule has 0 radical (unpaired) electrons. The highest BCUT2D eigenvalue weighted by atomic mass is 16.7. The number of phenolic OH excluding ortho intramolecular Hbond substituents is 4. The topological polar surface area (TPSA) is 290 Å². The first-order valence-electron chi connectivity index (χ1n) is 13.2. The van der Waals surface area contributed by atoms with Gasteiger partial charge < -0.3 is 79.5 Å². The molecule has 3 aromatic rings. The first-order valence-corrected chi connectivity index (χ1v) is 13.2. The van der Waals surface area contributed by atoms with E-state index >= 15 is 0 Å². The maximum atomic E-state index is 13.7. The second-order valence-electron chi connectivity index (χ2n) is 10.4. The second-order valence-corrected chi connectivity index (χ2v) is 10.4. The summed E-state index contributed by atoms with van der Waals surface area (Å²) in [5, 5.41) is 111. The van der Waals surface area contributed by atoms with Gasteiger partial charge in [0.1, 0.15) is 65.2 Å². The molecule has 44 heavy (non-hydrogen) atoms. The lowest BCUT2D eigenvalue weighted by Crippen LogP contribution is -2.60. The van der Waals surface area contributed by atoms with Crippen LogP contribution in [0.2, 0.25) is 0 Å². The molecule has 0 amide bonds. The molecule has 2 fully saturated rings. The Hall–Kier alpha value is -3.91. The Morgan fingerprint density at radius 2 is 1.32 bits per heavy atom. The number of aliphatic hydroxyl groups excluding tert-OH is 7. The fraction of sp³-hybridized carbons (Fsp3) is 0.444. The molecule has 0 bridgehead atoms. The Bertz CT molecular complexity index is 1560. The monoisotopic (exact) mass is 626 g/mol. The van der Waals surface area contributed by atoms with Gasteiger partial charge in [-0.25, -0.2) is 0 Å². The van der Waals surface area contributed by atoms with Gasteiger partial charge in [-0.1, -0.05) is 0 Å². The maximum Gasteiger partial charge on any atom is 0.239 e. The predicted molar refractivity (Wildman–Crippen MR) is 142 cm³/mol. The first kappa shape index (κ1) is 31.5. The van der Waals surface area contributed by atoms with Crippen LogP contribution in [0.4, 0.5) is 0 Å². The van der Waals surface area contributed by atoms with E-state index in [2.05, 4.69) is 0 Å². The molecule has 3 heterocycles. The molecule has 0 unspecified atom stereocenters.